The first kappa shape index (κ1) is 11.6. The van der Waals surface area contributed by atoms with E-state index in [9.17, 15) is 4.79 Å². The van der Waals surface area contributed by atoms with Crippen LogP contribution in [0.5, 0.6) is 0 Å². The van der Waals surface area contributed by atoms with Crippen LogP contribution in [0.3, 0.4) is 0 Å². The summed E-state index contributed by atoms with van der Waals surface area (Å²) < 4.78 is 0. The van der Waals surface area contributed by atoms with E-state index in [4.69, 9.17) is 5.26 Å². The fourth-order valence-electron chi connectivity index (χ4n) is 1.36. The summed E-state index contributed by atoms with van der Waals surface area (Å²) >= 11 is 0. The molecule has 1 aromatic heterocycles. The van der Waals surface area contributed by atoms with Crippen molar-refractivity contribution in [2.45, 2.75) is 0 Å². The minimum absolute atomic E-state index is 0.0275. The van der Waals surface area contributed by atoms with Crippen LogP contribution in [0.15, 0.2) is 40.2 Å². The van der Waals surface area contributed by atoms with E-state index in [0.29, 0.717) is 0 Å². The van der Waals surface area contributed by atoms with E-state index in [-0.39, 0.29) is 11.5 Å². The van der Waals surface area contributed by atoms with Crippen LogP contribution in [0, 0.1) is 11.3 Å². The van der Waals surface area contributed by atoms with Crippen molar-refractivity contribution in [1.82, 2.24) is 15.2 Å². The highest BCUT2D eigenvalue weighted by atomic mass is 16.1. The monoisotopic (exact) mass is 242 g/mol. The minimum Gasteiger partial charge on any atom is -0.287 e. The quantitative estimate of drug-likeness (QED) is 0.603. The Morgan fingerprint density at radius 3 is 2.72 bits per heavy atom. The molecule has 0 bridgehead atoms. The number of nitriles is 1. The van der Waals surface area contributed by atoms with Crippen LogP contribution in [-0.4, -0.2) is 27.9 Å². The molecular weight excluding hydrogens is 232 g/mol. The number of hydrogen-bond donors (Lipinski definition) is 2. The highest BCUT2D eigenvalue weighted by Gasteiger charge is 2.09. The van der Waals surface area contributed by atoms with Gasteiger partial charge in [-0.2, -0.15) is 15.5 Å². The number of benzene rings is 1. The first-order valence-electron chi connectivity index (χ1n) is 5.13. The molecule has 0 unspecified atom stereocenters. The van der Waals surface area contributed by atoms with Gasteiger partial charge in [-0.15, -0.1) is 0 Å². The third kappa shape index (κ3) is 2.44. The highest BCUT2D eigenvalue weighted by Crippen LogP contribution is 2.11. The Morgan fingerprint density at radius 1 is 1.44 bits per heavy atom. The molecule has 7 nitrogen and oxygen atoms in total. The van der Waals surface area contributed by atoms with Crippen LogP contribution in [0.25, 0.3) is 0 Å². The zero-order chi connectivity index (χ0) is 13.0. The van der Waals surface area contributed by atoms with E-state index in [1.54, 1.807) is 7.05 Å². The second kappa shape index (κ2) is 4.97. The number of hydrogen-bond acceptors (Lipinski definition) is 5. The zero-order valence-corrected chi connectivity index (χ0v) is 9.58. The lowest BCUT2D eigenvalue weighted by atomic mass is 10.3. The molecule has 0 radical (unpaired) electrons. The molecule has 0 saturated heterocycles. The van der Waals surface area contributed by atoms with Gasteiger partial charge in [0, 0.05) is 7.05 Å². The summed E-state index contributed by atoms with van der Waals surface area (Å²) in [6.07, 6.45) is 0. The molecule has 0 aliphatic carbocycles. The summed E-state index contributed by atoms with van der Waals surface area (Å²) in [6.45, 7) is 0. The van der Waals surface area contributed by atoms with Gasteiger partial charge in [-0.1, -0.05) is 18.2 Å². The predicted molar refractivity (Wildman–Crippen MR) is 66.2 cm³/mol. The number of aromatic amines is 2. The maximum atomic E-state index is 10.9. The molecule has 90 valence electrons. The third-order valence-corrected chi connectivity index (χ3v) is 2.21. The van der Waals surface area contributed by atoms with Gasteiger partial charge in [-0.05, 0) is 12.1 Å². The lowest BCUT2D eigenvalue weighted by Crippen LogP contribution is -2.14. The highest BCUT2D eigenvalue weighted by molar-refractivity contribution is 6.09. The number of aromatic nitrogens is 3. The van der Waals surface area contributed by atoms with Gasteiger partial charge in [-0.3, -0.25) is 9.99 Å². The van der Waals surface area contributed by atoms with E-state index in [0.717, 1.165) is 5.69 Å². The number of anilines is 1. The average Bonchev–Trinajstić information content (AvgIpc) is 2.83. The van der Waals surface area contributed by atoms with Crippen LogP contribution >= 0.6 is 0 Å². The van der Waals surface area contributed by atoms with Crippen molar-refractivity contribution in [3.8, 4) is 6.07 Å². The molecule has 0 spiro atoms. The lowest BCUT2D eigenvalue weighted by molar-refractivity contribution is 1.01. The SMILES string of the molecule is CN(/N=C(\C#N)c1n[nH]c(=O)[nH]1)c1ccccc1. The van der Waals surface area contributed by atoms with Gasteiger partial charge in [0.25, 0.3) is 0 Å². The van der Waals surface area contributed by atoms with E-state index in [2.05, 4.69) is 20.3 Å². The number of para-hydroxylation sites is 1. The second-order valence-electron chi connectivity index (χ2n) is 3.45. The average molecular weight is 242 g/mol. The van der Waals surface area contributed by atoms with Crippen molar-refractivity contribution >= 4 is 11.4 Å². The molecule has 0 aliphatic heterocycles. The minimum atomic E-state index is -0.477. The number of hydrazone groups is 1. The largest absolute Gasteiger partial charge is 0.340 e. The molecule has 0 amide bonds. The summed E-state index contributed by atoms with van der Waals surface area (Å²) in [7, 11) is 1.71. The third-order valence-electron chi connectivity index (χ3n) is 2.21. The molecule has 2 N–H and O–H groups in total. The molecule has 7 heteroatoms. The van der Waals surface area contributed by atoms with E-state index < -0.39 is 5.69 Å². The summed E-state index contributed by atoms with van der Waals surface area (Å²) in [4.78, 5) is 13.3. The van der Waals surface area contributed by atoms with Crippen LogP contribution < -0.4 is 10.7 Å². The molecule has 1 aromatic carbocycles. The normalized spacial score (nSPS) is 11.0. The van der Waals surface area contributed by atoms with Gasteiger partial charge < -0.3 is 0 Å². The van der Waals surface area contributed by atoms with Gasteiger partial charge >= 0.3 is 5.69 Å². The number of rotatable bonds is 3. The first-order chi connectivity index (χ1) is 8.70. The molecule has 18 heavy (non-hydrogen) atoms. The fourth-order valence-corrected chi connectivity index (χ4v) is 1.36. The van der Waals surface area contributed by atoms with Crippen molar-refractivity contribution in [1.29, 1.82) is 5.26 Å². The number of nitrogens with one attached hydrogen (secondary N) is 2. The Balaban J connectivity index is 2.31. The first-order valence-corrected chi connectivity index (χ1v) is 5.13. The molecular formula is C11H10N6O. The van der Waals surface area contributed by atoms with Gasteiger partial charge in [0.05, 0.1) is 5.69 Å². The maximum Gasteiger partial charge on any atom is 0.340 e. The molecule has 0 aliphatic rings. The molecule has 0 atom stereocenters. The molecule has 0 fully saturated rings. The topological polar surface area (TPSA) is 101 Å². The van der Waals surface area contributed by atoms with Crippen molar-refractivity contribution in [2.24, 2.45) is 5.10 Å². The zero-order valence-electron chi connectivity index (χ0n) is 9.58. The number of H-pyrrole nitrogens is 2. The Morgan fingerprint density at radius 2 is 2.17 bits per heavy atom. The maximum absolute atomic E-state index is 10.9. The summed E-state index contributed by atoms with van der Waals surface area (Å²) in [6, 6.07) is 11.2. The van der Waals surface area contributed by atoms with Gasteiger partial charge in [0.1, 0.15) is 6.07 Å². The molecule has 1 heterocycles. The molecule has 2 aromatic rings. The van der Waals surface area contributed by atoms with Crippen LogP contribution in [0.4, 0.5) is 5.69 Å². The van der Waals surface area contributed by atoms with E-state index in [1.807, 2.05) is 36.4 Å². The van der Waals surface area contributed by atoms with Crippen molar-refractivity contribution < 1.29 is 0 Å². The van der Waals surface area contributed by atoms with Crippen molar-refractivity contribution in [2.75, 3.05) is 12.1 Å². The smallest absolute Gasteiger partial charge is 0.287 e. The number of nitrogens with zero attached hydrogens (tertiary/aromatic N) is 4. The van der Waals surface area contributed by atoms with Crippen molar-refractivity contribution in [3.63, 3.8) is 0 Å². The summed E-state index contributed by atoms with van der Waals surface area (Å²) in [5.74, 6) is 0.116. The van der Waals surface area contributed by atoms with Crippen LogP contribution in [-0.2, 0) is 0 Å². The Kier molecular flexibility index (Phi) is 3.20. The second-order valence-corrected chi connectivity index (χ2v) is 3.45. The van der Waals surface area contributed by atoms with Gasteiger partial charge in [0.2, 0.25) is 5.71 Å². The molecule has 0 saturated carbocycles. The fraction of sp³-hybridized carbons (Fsp3) is 0.0909. The van der Waals surface area contributed by atoms with Gasteiger partial charge in [0.15, 0.2) is 5.82 Å². The lowest BCUT2D eigenvalue weighted by Gasteiger charge is -2.12. The Labute approximate surface area is 102 Å². The van der Waals surface area contributed by atoms with Crippen LogP contribution in [0.2, 0.25) is 0 Å². The Bertz CT molecular complexity index is 648. The van der Waals surface area contributed by atoms with E-state index >= 15 is 0 Å². The summed E-state index contributed by atoms with van der Waals surface area (Å²) in [5, 5.41) is 20.5. The predicted octanol–water partition coefficient (Wildman–Crippen LogP) is 0.462. The molecule has 2 rings (SSSR count). The van der Waals surface area contributed by atoms with E-state index in [1.165, 1.54) is 5.01 Å². The van der Waals surface area contributed by atoms with Gasteiger partial charge in [-0.25, -0.2) is 9.89 Å². The standard InChI is InChI=1S/C11H10N6O/c1-17(8-5-3-2-4-6-8)16-9(7-12)10-13-11(18)15-14-10/h2-6H,1H3,(H2,13,14,15,18)/b16-9+. The Hall–Kier alpha value is -2.88. The summed E-state index contributed by atoms with van der Waals surface area (Å²) in [5.41, 5.74) is 0.373. The van der Waals surface area contributed by atoms with Crippen LogP contribution in [0.1, 0.15) is 5.82 Å². The van der Waals surface area contributed by atoms with Crippen molar-refractivity contribution in [3.05, 3.63) is 46.6 Å².